The van der Waals surface area contributed by atoms with E-state index >= 15 is 0 Å². The lowest BCUT2D eigenvalue weighted by Crippen LogP contribution is -2.46. The summed E-state index contributed by atoms with van der Waals surface area (Å²) in [5, 5.41) is 2.17. The van der Waals surface area contributed by atoms with Crippen LogP contribution in [0.4, 0.5) is 5.69 Å². The molecule has 0 radical (unpaired) electrons. The minimum Gasteiger partial charge on any atom is -0.496 e. The molecule has 2 heterocycles. The van der Waals surface area contributed by atoms with Crippen molar-refractivity contribution >= 4 is 33.8 Å². The number of carbonyl (C=O) groups excluding carboxylic acids is 2. The highest BCUT2D eigenvalue weighted by atomic mass is 16.5. The van der Waals surface area contributed by atoms with Crippen molar-refractivity contribution in [2.45, 2.75) is 19.3 Å². The third-order valence-electron chi connectivity index (χ3n) is 7.78. The molecule has 2 saturated heterocycles. The van der Waals surface area contributed by atoms with Crippen LogP contribution in [0.5, 0.6) is 5.75 Å². The van der Waals surface area contributed by atoms with Crippen molar-refractivity contribution in [2.24, 2.45) is 16.9 Å². The number of hydrogen-bond donors (Lipinski definition) is 2. The van der Waals surface area contributed by atoms with Crippen molar-refractivity contribution in [3.05, 3.63) is 78.0 Å². The van der Waals surface area contributed by atoms with Crippen LogP contribution in [0.15, 0.2) is 66.9 Å². The van der Waals surface area contributed by atoms with Crippen LogP contribution in [0.3, 0.4) is 0 Å². The number of anilines is 1. The zero-order valence-corrected chi connectivity index (χ0v) is 20.6. The van der Waals surface area contributed by atoms with Gasteiger partial charge in [-0.1, -0.05) is 30.3 Å². The zero-order valence-electron chi connectivity index (χ0n) is 20.6. The molecule has 1 spiro atoms. The molecule has 2 amide bonds. The number of ether oxygens (including phenoxy) is 1. The third-order valence-corrected chi connectivity index (χ3v) is 7.78. The van der Waals surface area contributed by atoms with Crippen molar-refractivity contribution < 1.29 is 14.3 Å². The van der Waals surface area contributed by atoms with Crippen LogP contribution in [0, 0.1) is 5.41 Å². The molecule has 0 aliphatic carbocycles. The molecule has 7 nitrogen and oxygen atoms in total. The van der Waals surface area contributed by atoms with Crippen molar-refractivity contribution in [3.63, 3.8) is 0 Å². The maximum absolute atomic E-state index is 13.6. The maximum Gasteiger partial charge on any atom is 0.253 e. The standard InChI is InChI=1S/C29H32N4O3/c1-36-26-17-24(8-9-25(26)23(18-30)19-31)33-15-12-29(28(33)35)10-13-32(14-11-29)27(34)22-7-6-20-4-2-3-5-21(20)16-22/h2-9,16-18H,10-15,19,30-31H2,1H3/b23-18+. The fraction of sp³-hybridized carbons (Fsp3) is 0.310. The van der Waals surface area contributed by atoms with Crippen LogP contribution >= 0.6 is 0 Å². The van der Waals surface area contributed by atoms with Gasteiger partial charge in [0.2, 0.25) is 5.91 Å². The Hall–Kier alpha value is -3.84. The highest BCUT2D eigenvalue weighted by Gasteiger charge is 2.49. The van der Waals surface area contributed by atoms with E-state index in [-0.39, 0.29) is 11.8 Å². The first-order valence-electron chi connectivity index (χ1n) is 12.4. The SMILES string of the molecule is COc1cc(N2CCC3(CCN(C(=O)c4ccc5ccccc5c4)CC3)C2=O)ccc1/C(=C/N)CN. The van der Waals surface area contributed by atoms with Crippen molar-refractivity contribution in [3.8, 4) is 5.75 Å². The number of piperidine rings is 1. The minimum atomic E-state index is -0.425. The molecule has 36 heavy (non-hydrogen) atoms. The summed E-state index contributed by atoms with van der Waals surface area (Å²) in [4.78, 5) is 30.6. The van der Waals surface area contributed by atoms with E-state index in [4.69, 9.17) is 16.2 Å². The summed E-state index contributed by atoms with van der Waals surface area (Å²) < 4.78 is 5.58. The predicted octanol–water partition coefficient (Wildman–Crippen LogP) is 3.77. The average molecular weight is 485 g/mol. The summed E-state index contributed by atoms with van der Waals surface area (Å²) in [6.45, 7) is 2.10. The molecule has 0 saturated carbocycles. The highest BCUT2D eigenvalue weighted by molar-refractivity contribution is 6.01. The Morgan fingerprint density at radius 1 is 1.00 bits per heavy atom. The number of methoxy groups -OCH3 is 1. The third kappa shape index (κ3) is 4.09. The van der Waals surface area contributed by atoms with Crippen LogP contribution < -0.4 is 21.1 Å². The van der Waals surface area contributed by atoms with Gasteiger partial charge in [0, 0.05) is 49.1 Å². The molecule has 186 valence electrons. The fourth-order valence-corrected chi connectivity index (χ4v) is 5.55. The highest BCUT2D eigenvalue weighted by Crippen LogP contribution is 2.44. The number of amides is 2. The number of fused-ring (bicyclic) bond motifs is 1. The van der Waals surface area contributed by atoms with Gasteiger partial charge in [-0.25, -0.2) is 0 Å². The molecular weight excluding hydrogens is 452 g/mol. The molecule has 5 rings (SSSR count). The van der Waals surface area contributed by atoms with E-state index in [0.29, 0.717) is 50.3 Å². The van der Waals surface area contributed by atoms with Gasteiger partial charge in [-0.05, 0) is 66.1 Å². The second-order valence-electron chi connectivity index (χ2n) is 9.62. The topological polar surface area (TPSA) is 102 Å². The van der Waals surface area contributed by atoms with E-state index in [1.165, 1.54) is 6.20 Å². The number of nitrogens with zero attached hydrogens (tertiary/aromatic N) is 2. The molecule has 0 atom stereocenters. The monoisotopic (exact) mass is 484 g/mol. The van der Waals surface area contributed by atoms with Gasteiger partial charge in [0.1, 0.15) is 5.75 Å². The summed E-state index contributed by atoms with van der Waals surface area (Å²) in [6, 6.07) is 19.6. The zero-order chi connectivity index (χ0) is 25.3. The van der Waals surface area contributed by atoms with Gasteiger partial charge in [-0.15, -0.1) is 0 Å². The molecule has 3 aromatic rings. The van der Waals surface area contributed by atoms with Crippen molar-refractivity contribution in [1.29, 1.82) is 0 Å². The first-order chi connectivity index (χ1) is 17.5. The molecule has 4 N–H and O–H groups in total. The van der Waals surface area contributed by atoms with Gasteiger partial charge in [0.25, 0.3) is 5.91 Å². The second-order valence-corrected chi connectivity index (χ2v) is 9.62. The molecular formula is C29H32N4O3. The van der Waals surface area contributed by atoms with Crippen LogP contribution in [-0.4, -0.2) is 50.0 Å². The Labute approximate surface area is 211 Å². The number of hydrogen-bond acceptors (Lipinski definition) is 5. The number of nitrogens with two attached hydrogens (primary N) is 2. The van der Waals surface area contributed by atoms with E-state index in [0.717, 1.165) is 34.0 Å². The first-order valence-corrected chi connectivity index (χ1v) is 12.4. The molecule has 3 aromatic carbocycles. The molecule has 0 unspecified atom stereocenters. The summed E-state index contributed by atoms with van der Waals surface area (Å²) in [5.41, 5.74) is 14.2. The van der Waals surface area contributed by atoms with Crippen LogP contribution in [0.1, 0.15) is 35.2 Å². The van der Waals surface area contributed by atoms with Gasteiger partial charge in [0.15, 0.2) is 0 Å². The van der Waals surface area contributed by atoms with Gasteiger partial charge in [-0.2, -0.15) is 0 Å². The van der Waals surface area contributed by atoms with Crippen LogP contribution in [-0.2, 0) is 4.79 Å². The Bertz CT molecular complexity index is 1340. The minimum absolute atomic E-state index is 0.0295. The lowest BCUT2D eigenvalue weighted by Gasteiger charge is -2.38. The van der Waals surface area contributed by atoms with Crippen molar-refractivity contribution in [1.82, 2.24) is 4.90 Å². The van der Waals surface area contributed by atoms with Crippen LogP contribution in [0.25, 0.3) is 16.3 Å². The Morgan fingerprint density at radius 2 is 1.72 bits per heavy atom. The van der Waals surface area contributed by atoms with Gasteiger partial charge in [-0.3, -0.25) is 9.59 Å². The number of carbonyl (C=O) groups is 2. The van der Waals surface area contributed by atoms with Gasteiger partial charge in [0.05, 0.1) is 12.5 Å². The predicted molar refractivity (Wildman–Crippen MR) is 143 cm³/mol. The first kappa shape index (κ1) is 23.9. The molecule has 7 heteroatoms. The summed E-state index contributed by atoms with van der Waals surface area (Å²) in [6.07, 6.45) is 3.61. The Kier molecular flexibility index (Phi) is 6.41. The maximum atomic E-state index is 13.6. The molecule has 2 aliphatic rings. The molecule has 0 bridgehead atoms. The quantitative estimate of drug-likeness (QED) is 0.574. The van der Waals surface area contributed by atoms with Gasteiger partial charge < -0.3 is 26.0 Å². The van der Waals surface area contributed by atoms with E-state index in [1.54, 1.807) is 7.11 Å². The molecule has 2 aliphatic heterocycles. The Balaban J connectivity index is 1.29. The lowest BCUT2D eigenvalue weighted by molar-refractivity contribution is -0.127. The summed E-state index contributed by atoms with van der Waals surface area (Å²) in [7, 11) is 1.60. The summed E-state index contributed by atoms with van der Waals surface area (Å²) in [5.74, 6) is 0.796. The smallest absolute Gasteiger partial charge is 0.253 e. The summed E-state index contributed by atoms with van der Waals surface area (Å²) >= 11 is 0. The van der Waals surface area contributed by atoms with E-state index < -0.39 is 5.41 Å². The van der Waals surface area contributed by atoms with E-state index in [2.05, 4.69) is 0 Å². The lowest BCUT2D eigenvalue weighted by atomic mass is 9.77. The number of likely N-dealkylation sites (tertiary alicyclic amines) is 1. The molecule has 0 aromatic heterocycles. The van der Waals surface area contributed by atoms with E-state index in [1.807, 2.05) is 70.5 Å². The number of benzene rings is 3. The van der Waals surface area contributed by atoms with Crippen molar-refractivity contribution in [2.75, 3.05) is 38.2 Å². The number of rotatable bonds is 5. The molecule has 2 fully saturated rings. The van der Waals surface area contributed by atoms with Gasteiger partial charge >= 0.3 is 0 Å². The fourth-order valence-electron chi connectivity index (χ4n) is 5.55. The van der Waals surface area contributed by atoms with E-state index in [9.17, 15) is 9.59 Å². The normalized spacial score (nSPS) is 17.7. The Morgan fingerprint density at radius 3 is 2.42 bits per heavy atom. The second kappa shape index (κ2) is 9.66. The largest absolute Gasteiger partial charge is 0.496 e. The average Bonchev–Trinajstić information content (AvgIpc) is 3.24. The van der Waals surface area contributed by atoms with Crippen LogP contribution in [0.2, 0.25) is 0 Å².